The summed E-state index contributed by atoms with van der Waals surface area (Å²) in [5, 5.41) is 0. The Bertz CT molecular complexity index is 161. The van der Waals surface area contributed by atoms with Crippen molar-refractivity contribution in [1.82, 2.24) is 0 Å². The van der Waals surface area contributed by atoms with Crippen molar-refractivity contribution in [3.05, 3.63) is 35.4 Å². The predicted molar refractivity (Wildman–Crippen MR) is 34.8 cm³/mol. The van der Waals surface area contributed by atoms with Gasteiger partial charge in [-0.05, 0) is 0 Å². The van der Waals surface area contributed by atoms with E-state index in [4.69, 9.17) is 0 Å². The SMILES string of the molecule is Cc1[c-]cccc1C.[Na+]. The smallest absolute Gasteiger partial charge is 0.180 e. The molecule has 0 amide bonds. The fourth-order valence-corrected chi connectivity index (χ4v) is 0.604. The molecule has 0 heterocycles. The van der Waals surface area contributed by atoms with Crippen LogP contribution in [0.1, 0.15) is 11.1 Å². The summed E-state index contributed by atoms with van der Waals surface area (Å²) in [6, 6.07) is 9.12. The number of hydrogen-bond donors (Lipinski definition) is 0. The molecule has 0 radical (unpaired) electrons. The molecule has 0 saturated carbocycles. The van der Waals surface area contributed by atoms with Crippen LogP contribution >= 0.6 is 0 Å². The van der Waals surface area contributed by atoms with E-state index in [9.17, 15) is 0 Å². The molecular weight excluding hydrogens is 119 g/mol. The first-order chi connectivity index (χ1) is 3.80. The van der Waals surface area contributed by atoms with Crippen molar-refractivity contribution in [1.29, 1.82) is 0 Å². The molecule has 0 aliphatic rings. The van der Waals surface area contributed by atoms with Crippen LogP contribution < -0.4 is 29.6 Å². The Hall–Kier alpha value is 0.220. The van der Waals surface area contributed by atoms with Crippen LogP contribution in [0.2, 0.25) is 0 Å². The van der Waals surface area contributed by atoms with Crippen molar-refractivity contribution >= 4 is 0 Å². The molecule has 0 unspecified atom stereocenters. The van der Waals surface area contributed by atoms with E-state index in [0.717, 1.165) is 0 Å². The summed E-state index contributed by atoms with van der Waals surface area (Å²) in [5.41, 5.74) is 2.56. The minimum absolute atomic E-state index is 0. The van der Waals surface area contributed by atoms with Gasteiger partial charge in [0.15, 0.2) is 0 Å². The van der Waals surface area contributed by atoms with Crippen molar-refractivity contribution in [2.75, 3.05) is 0 Å². The Kier molecular flexibility index (Phi) is 4.20. The van der Waals surface area contributed by atoms with Crippen LogP contribution in [0.15, 0.2) is 18.2 Å². The van der Waals surface area contributed by atoms with Gasteiger partial charge in [0, 0.05) is 0 Å². The average Bonchev–Trinajstić information content (AvgIpc) is 1.77. The Labute approximate surface area is 78.6 Å². The molecule has 9 heavy (non-hydrogen) atoms. The van der Waals surface area contributed by atoms with Gasteiger partial charge in [-0.3, -0.25) is 0 Å². The van der Waals surface area contributed by atoms with Crippen molar-refractivity contribution in [3.63, 3.8) is 0 Å². The van der Waals surface area contributed by atoms with Crippen LogP contribution in [0.3, 0.4) is 0 Å². The average molecular weight is 128 g/mol. The van der Waals surface area contributed by atoms with Crippen molar-refractivity contribution in [2.24, 2.45) is 0 Å². The summed E-state index contributed by atoms with van der Waals surface area (Å²) < 4.78 is 0. The van der Waals surface area contributed by atoms with Gasteiger partial charge in [0.2, 0.25) is 0 Å². The summed E-state index contributed by atoms with van der Waals surface area (Å²) in [7, 11) is 0. The maximum atomic E-state index is 3.10. The third-order valence-corrected chi connectivity index (χ3v) is 1.33. The molecule has 1 aromatic carbocycles. The largest absolute Gasteiger partial charge is 1.00 e. The Morgan fingerprint density at radius 1 is 1.33 bits per heavy atom. The Morgan fingerprint density at radius 3 is 2.33 bits per heavy atom. The number of rotatable bonds is 0. The van der Waals surface area contributed by atoms with Crippen molar-refractivity contribution < 1.29 is 29.6 Å². The molecule has 1 heteroatoms. The van der Waals surface area contributed by atoms with E-state index in [0.29, 0.717) is 0 Å². The second-order valence-corrected chi connectivity index (χ2v) is 1.98. The molecule has 0 spiro atoms. The van der Waals surface area contributed by atoms with Gasteiger partial charge in [0.05, 0.1) is 0 Å². The van der Waals surface area contributed by atoms with E-state index in [1.807, 2.05) is 12.1 Å². The van der Waals surface area contributed by atoms with Gasteiger partial charge in [-0.2, -0.15) is 35.4 Å². The number of hydrogen-bond acceptors (Lipinski definition) is 0. The second-order valence-electron chi connectivity index (χ2n) is 1.98. The first-order valence-electron chi connectivity index (χ1n) is 2.74. The Balaban J connectivity index is 0.000000640. The van der Waals surface area contributed by atoms with E-state index in [1.54, 1.807) is 0 Å². The zero-order chi connectivity index (χ0) is 5.98. The van der Waals surface area contributed by atoms with Gasteiger partial charge in [-0.1, -0.05) is 13.8 Å². The summed E-state index contributed by atoms with van der Waals surface area (Å²) in [5.74, 6) is 0. The van der Waals surface area contributed by atoms with Crippen LogP contribution in [0.4, 0.5) is 0 Å². The molecule has 0 bridgehead atoms. The Morgan fingerprint density at radius 2 is 2.00 bits per heavy atom. The monoisotopic (exact) mass is 128 g/mol. The maximum Gasteiger partial charge on any atom is 1.00 e. The molecule has 0 aliphatic heterocycles. The molecule has 0 saturated heterocycles. The van der Waals surface area contributed by atoms with Crippen LogP contribution in [-0.4, -0.2) is 0 Å². The van der Waals surface area contributed by atoms with E-state index < -0.39 is 0 Å². The summed E-state index contributed by atoms with van der Waals surface area (Å²) in [6.07, 6.45) is 0. The topological polar surface area (TPSA) is 0 Å². The van der Waals surface area contributed by atoms with Gasteiger partial charge < -0.3 is 0 Å². The molecule has 0 fully saturated rings. The minimum atomic E-state index is 0. The van der Waals surface area contributed by atoms with Crippen molar-refractivity contribution in [2.45, 2.75) is 13.8 Å². The van der Waals surface area contributed by atoms with E-state index >= 15 is 0 Å². The van der Waals surface area contributed by atoms with Crippen LogP contribution in [0.5, 0.6) is 0 Å². The van der Waals surface area contributed by atoms with Gasteiger partial charge in [0.1, 0.15) is 0 Å². The maximum absolute atomic E-state index is 3.10. The quantitative estimate of drug-likeness (QED) is 0.314. The van der Waals surface area contributed by atoms with Crippen LogP contribution in [0, 0.1) is 19.9 Å². The van der Waals surface area contributed by atoms with Gasteiger partial charge in [0.25, 0.3) is 0 Å². The molecule has 42 valence electrons. The third-order valence-electron chi connectivity index (χ3n) is 1.33. The minimum Gasteiger partial charge on any atom is -0.180 e. The van der Waals surface area contributed by atoms with Crippen LogP contribution in [-0.2, 0) is 0 Å². The van der Waals surface area contributed by atoms with E-state index in [2.05, 4.69) is 26.0 Å². The fraction of sp³-hybridized carbons (Fsp3) is 0.250. The zero-order valence-electron chi connectivity index (χ0n) is 6.23. The molecular formula is C8H9Na. The first kappa shape index (κ1) is 9.22. The van der Waals surface area contributed by atoms with Gasteiger partial charge in [-0.25, -0.2) is 0 Å². The molecule has 0 aromatic heterocycles. The van der Waals surface area contributed by atoms with Crippen LogP contribution in [0.25, 0.3) is 0 Å². The molecule has 1 rings (SSSR count). The number of aryl methyl sites for hydroxylation is 2. The molecule has 0 nitrogen and oxygen atoms in total. The fourth-order valence-electron chi connectivity index (χ4n) is 0.604. The van der Waals surface area contributed by atoms with Gasteiger partial charge in [-0.15, -0.1) is 0 Å². The molecule has 0 N–H and O–H groups in total. The molecule has 0 aliphatic carbocycles. The predicted octanol–water partition coefficient (Wildman–Crippen LogP) is -0.892. The van der Waals surface area contributed by atoms with Gasteiger partial charge >= 0.3 is 29.6 Å². The van der Waals surface area contributed by atoms with E-state index in [-0.39, 0.29) is 29.6 Å². The zero-order valence-corrected chi connectivity index (χ0v) is 8.23. The standard InChI is InChI=1S/C8H9.Na/c1-7-5-3-4-6-8(7)2;/h3-5H,1-2H3;/q-1;+1. The summed E-state index contributed by atoms with van der Waals surface area (Å²) in [6.45, 7) is 4.15. The normalized spacial score (nSPS) is 8.22. The summed E-state index contributed by atoms with van der Waals surface area (Å²) in [4.78, 5) is 0. The molecule has 1 aromatic rings. The first-order valence-corrected chi connectivity index (χ1v) is 2.74. The van der Waals surface area contributed by atoms with E-state index in [1.165, 1.54) is 11.1 Å². The third kappa shape index (κ3) is 2.53. The van der Waals surface area contributed by atoms with Crippen molar-refractivity contribution in [3.8, 4) is 0 Å². The second kappa shape index (κ2) is 4.10. The molecule has 0 atom stereocenters. The number of benzene rings is 1. The summed E-state index contributed by atoms with van der Waals surface area (Å²) >= 11 is 0.